The summed E-state index contributed by atoms with van der Waals surface area (Å²) in [6.45, 7) is 2.39. The molecule has 2 aromatic carbocycles. The van der Waals surface area contributed by atoms with Crippen molar-refractivity contribution >= 4 is 26.0 Å². The van der Waals surface area contributed by atoms with Crippen LogP contribution in [0.5, 0.6) is 11.5 Å². The van der Waals surface area contributed by atoms with Crippen LogP contribution in [-0.2, 0) is 10.1 Å². The van der Waals surface area contributed by atoms with Gasteiger partial charge in [0.25, 0.3) is 0 Å². The second-order valence-corrected chi connectivity index (χ2v) is 6.36. The van der Waals surface area contributed by atoms with Crippen molar-refractivity contribution in [3.63, 3.8) is 0 Å². The lowest BCUT2D eigenvalue weighted by molar-refractivity contribution is 0.340. The highest BCUT2D eigenvalue weighted by atomic mass is 79.9. The Morgan fingerprint density at radius 2 is 1.75 bits per heavy atom. The third kappa shape index (κ3) is 3.74. The third-order valence-electron chi connectivity index (χ3n) is 2.43. The van der Waals surface area contributed by atoms with Crippen molar-refractivity contribution in [1.29, 1.82) is 0 Å². The fourth-order valence-electron chi connectivity index (χ4n) is 1.56. The topological polar surface area (TPSA) is 52.6 Å². The quantitative estimate of drug-likeness (QED) is 0.767. The summed E-state index contributed by atoms with van der Waals surface area (Å²) >= 11 is 3.26. The molecular weight excluding hydrogens is 344 g/mol. The van der Waals surface area contributed by atoms with E-state index in [-0.39, 0.29) is 10.6 Å². The standard InChI is InChI=1S/C14H13BrO4S/c1-2-18-12-6-8-14(9-7-12)20(16,17)19-13-5-3-4-11(15)10-13/h3-10H,2H2,1H3. The molecule has 2 aromatic rings. The van der Waals surface area contributed by atoms with E-state index in [0.717, 1.165) is 4.47 Å². The second kappa shape index (κ2) is 6.28. The van der Waals surface area contributed by atoms with Crippen molar-refractivity contribution in [1.82, 2.24) is 0 Å². The van der Waals surface area contributed by atoms with Gasteiger partial charge < -0.3 is 8.92 Å². The first kappa shape index (κ1) is 14.9. The average molecular weight is 357 g/mol. The highest BCUT2D eigenvalue weighted by molar-refractivity contribution is 9.10. The molecule has 0 amide bonds. The first-order valence-electron chi connectivity index (χ1n) is 5.94. The van der Waals surface area contributed by atoms with Crippen LogP contribution in [0.2, 0.25) is 0 Å². The molecule has 0 radical (unpaired) electrons. The number of hydrogen-bond donors (Lipinski definition) is 0. The molecule has 0 N–H and O–H groups in total. The van der Waals surface area contributed by atoms with E-state index >= 15 is 0 Å². The van der Waals surface area contributed by atoms with Crippen LogP contribution in [0, 0.1) is 0 Å². The van der Waals surface area contributed by atoms with E-state index in [0.29, 0.717) is 12.4 Å². The largest absolute Gasteiger partial charge is 0.494 e. The molecular formula is C14H13BrO4S. The van der Waals surface area contributed by atoms with Gasteiger partial charge in [0.15, 0.2) is 0 Å². The molecule has 0 bridgehead atoms. The third-order valence-corrected chi connectivity index (χ3v) is 4.18. The number of halogens is 1. The highest BCUT2D eigenvalue weighted by Gasteiger charge is 2.16. The maximum atomic E-state index is 12.1. The normalized spacial score (nSPS) is 11.1. The van der Waals surface area contributed by atoms with Gasteiger partial charge in [-0.05, 0) is 49.4 Å². The Bertz CT molecular complexity index is 681. The molecule has 0 aliphatic carbocycles. The zero-order valence-electron chi connectivity index (χ0n) is 10.7. The monoisotopic (exact) mass is 356 g/mol. The molecule has 0 fully saturated rings. The van der Waals surface area contributed by atoms with Crippen LogP contribution in [0.3, 0.4) is 0 Å². The Morgan fingerprint density at radius 1 is 1.05 bits per heavy atom. The van der Waals surface area contributed by atoms with E-state index in [1.807, 2.05) is 6.92 Å². The number of rotatable bonds is 5. The molecule has 0 atom stereocenters. The summed E-state index contributed by atoms with van der Waals surface area (Å²) < 4.78 is 35.3. The van der Waals surface area contributed by atoms with Gasteiger partial charge in [0.1, 0.15) is 16.4 Å². The Hall–Kier alpha value is -1.53. The fraction of sp³-hybridized carbons (Fsp3) is 0.143. The molecule has 6 heteroatoms. The van der Waals surface area contributed by atoms with E-state index < -0.39 is 10.1 Å². The van der Waals surface area contributed by atoms with E-state index in [1.165, 1.54) is 12.1 Å². The van der Waals surface area contributed by atoms with Crippen LogP contribution in [0.4, 0.5) is 0 Å². The summed E-state index contributed by atoms with van der Waals surface area (Å²) in [4.78, 5) is 0.0842. The lowest BCUT2D eigenvalue weighted by atomic mass is 10.3. The van der Waals surface area contributed by atoms with E-state index in [4.69, 9.17) is 8.92 Å². The maximum Gasteiger partial charge on any atom is 0.339 e. The average Bonchev–Trinajstić information content (AvgIpc) is 2.39. The predicted molar refractivity (Wildman–Crippen MR) is 79.6 cm³/mol. The van der Waals surface area contributed by atoms with Gasteiger partial charge in [0, 0.05) is 4.47 Å². The number of hydrogen-bond acceptors (Lipinski definition) is 4. The first-order valence-corrected chi connectivity index (χ1v) is 8.14. The Kier molecular flexibility index (Phi) is 4.67. The van der Waals surface area contributed by atoms with Gasteiger partial charge >= 0.3 is 10.1 Å². The molecule has 0 aliphatic heterocycles. The minimum atomic E-state index is -3.84. The van der Waals surface area contributed by atoms with E-state index in [1.54, 1.807) is 36.4 Å². The van der Waals surface area contributed by atoms with Crippen molar-refractivity contribution < 1.29 is 17.3 Å². The molecule has 20 heavy (non-hydrogen) atoms. The van der Waals surface area contributed by atoms with Gasteiger partial charge in [0.05, 0.1) is 6.61 Å². The van der Waals surface area contributed by atoms with Crippen molar-refractivity contribution in [2.75, 3.05) is 6.61 Å². The van der Waals surface area contributed by atoms with Crippen molar-refractivity contribution in [2.24, 2.45) is 0 Å². The molecule has 0 heterocycles. The van der Waals surface area contributed by atoms with Gasteiger partial charge in [-0.3, -0.25) is 0 Å². The minimum Gasteiger partial charge on any atom is -0.494 e. The molecule has 0 spiro atoms. The van der Waals surface area contributed by atoms with Gasteiger partial charge in [-0.15, -0.1) is 0 Å². The fourth-order valence-corrected chi connectivity index (χ4v) is 2.86. The Morgan fingerprint density at radius 3 is 2.35 bits per heavy atom. The second-order valence-electron chi connectivity index (χ2n) is 3.90. The Labute approximate surface area is 126 Å². The van der Waals surface area contributed by atoms with Crippen molar-refractivity contribution in [2.45, 2.75) is 11.8 Å². The number of ether oxygens (including phenoxy) is 1. The molecule has 0 aromatic heterocycles. The minimum absolute atomic E-state index is 0.0842. The summed E-state index contributed by atoms with van der Waals surface area (Å²) in [5.41, 5.74) is 0. The predicted octanol–water partition coefficient (Wildman–Crippen LogP) is 3.62. The van der Waals surface area contributed by atoms with Crippen LogP contribution in [0.1, 0.15) is 6.92 Å². The molecule has 0 unspecified atom stereocenters. The summed E-state index contributed by atoms with van der Waals surface area (Å²) in [7, 11) is -3.84. The maximum absolute atomic E-state index is 12.1. The molecule has 0 aliphatic rings. The van der Waals surface area contributed by atoms with Crippen LogP contribution >= 0.6 is 15.9 Å². The van der Waals surface area contributed by atoms with Gasteiger partial charge in [-0.1, -0.05) is 22.0 Å². The molecule has 0 saturated heterocycles. The summed E-state index contributed by atoms with van der Waals surface area (Å²) in [6.07, 6.45) is 0. The number of benzene rings is 2. The van der Waals surface area contributed by atoms with Gasteiger partial charge in [0.2, 0.25) is 0 Å². The van der Waals surface area contributed by atoms with Crippen LogP contribution < -0.4 is 8.92 Å². The molecule has 0 saturated carbocycles. The van der Waals surface area contributed by atoms with Crippen molar-refractivity contribution in [3.05, 3.63) is 53.0 Å². The molecule has 2 rings (SSSR count). The summed E-state index contributed by atoms with van der Waals surface area (Å²) in [5.74, 6) is 0.877. The van der Waals surface area contributed by atoms with Crippen LogP contribution in [0.25, 0.3) is 0 Å². The van der Waals surface area contributed by atoms with Crippen molar-refractivity contribution in [3.8, 4) is 11.5 Å². The zero-order chi connectivity index (χ0) is 14.6. The smallest absolute Gasteiger partial charge is 0.339 e. The molecule has 4 nitrogen and oxygen atoms in total. The lowest BCUT2D eigenvalue weighted by Gasteiger charge is -2.08. The lowest BCUT2D eigenvalue weighted by Crippen LogP contribution is -2.09. The summed E-state index contributed by atoms with van der Waals surface area (Å²) in [5, 5.41) is 0. The van der Waals surface area contributed by atoms with Gasteiger partial charge in [-0.2, -0.15) is 8.42 Å². The molecule has 106 valence electrons. The SMILES string of the molecule is CCOc1ccc(S(=O)(=O)Oc2cccc(Br)c2)cc1. The highest BCUT2D eigenvalue weighted by Crippen LogP contribution is 2.23. The first-order chi connectivity index (χ1) is 9.51. The van der Waals surface area contributed by atoms with E-state index in [9.17, 15) is 8.42 Å². The van der Waals surface area contributed by atoms with Gasteiger partial charge in [-0.25, -0.2) is 0 Å². The van der Waals surface area contributed by atoms with E-state index in [2.05, 4.69) is 15.9 Å². The van der Waals surface area contributed by atoms with Crippen LogP contribution in [-0.4, -0.2) is 15.0 Å². The Balaban J connectivity index is 2.21. The summed E-state index contributed by atoms with van der Waals surface area (Å²) in [6, 6.07) is 12.8. The van der Waals surface area contributed by atoms with Crippen LogP contribution in [0.15, 0.2) is 57.9 Å². The zero-order valence-corrected chi connectivity index (χ0v) is 13.1.